The van der Waals surface area contributed by atoms with Crippen molar-refractivity contribution < 1.29 is 24.5 Å². The number of ketones is 1. The number of hydrogen-bond donors (Lipinski definition) is 2. The highest BCUT2D eigenvalue weighted by molar-refractivity contribution is 5.89. The van der Waals surface area contributed by atoms with E-state index in [0.717, 1.165) is 31.3 Å². The lowest BCUT2D eigenvalue weighted by atomic mass is 9.42. The molecule has 0 aliphatic heterocycles. The third kappa shape index (κ3) is 4.19. The number of fused-ring (bicyclic) bond motifs is 5. The van der Waals surface area contributed by atoms with Gasteiger partial charge in [0.25, 0.3) is 0 Å². The minimum absolute atomic E-state index is 0.0101. The molecule has 4 fully saturated rings. The molecule has 0 aromatic rings. The SMILES string of the molecule is CC(=O)OC/C(C)=C/CC[C@@H](C)[C@H]1CC[C@H]2[C@@H]3CC(=O)[C@@]4(O)C[C@@H](O)CC[C@]4(C)[C@H]3CC[C@]12C. The molecule has 0 heterocycles. The number of hydrogen-bond acceptors (Lipinski definition) is 5. The van der Waals surface area contributed by atoms with Crippen LogP contribution in [-0.2, 0) is 14.3 Å². The summed E-state index contributed by atoms with van der Waals surface area (Å²) in [4.78, 5) is 24.4. The van der Waals surface area contributed by atoms with E-state index in [1.54, 1.807) is 0 Å². The van der Waals surface area contributed by atoms with Gasteiger partial charge in [0.15, 0.2) is 5.78 Å². The van der Waals surface area contributed by atoms with Crippen molar-refractivity contribution in [2.24, 2.45) is 40.4 Å². The highest BCUT2D eigenvalue weighted by Gasteiger charge is 2.67. The lowest BCUT2D eigenvalue weighted by molar-refractivity contribution is -0.213. The molecule has 34 heavy (non-hydrogen) atoms. The number of carbonyl (C=O) groups is 2. The van der Waals surface area contributed by atoms with E-state index in [-0.39, 0.29) is 23.6 Å². The first-order chi connectivity index (χ1) is 15.9. The average molecular weight is 475 g/mol. The molecule has 0 aromatic carbocycles. The van der Waals surface area contributed by atoms with Crippen LogP contribution in [0.15, 0.2) is 11.6 Å². The van der Waals surface area contributed by atoms with Crippen LogP contribution in [0.25, 0.3) is 0 Å². The molecule has 192 valence electrons. The Labute approximate surface area is 205 Å². The summed E-state index contributed by atoms with van der Waals surface area (Å²) < 4.78 is 5.10. The van der Waals surface area contributed by atoms with E-state index < -0.39 is 17.1 Å². The third-order valence-corrected chi connectivity index (χ3v) is 11.0. The van der Waals surface area contributed by atoms with Gasteiger partial charge >= 0.3 is 5.97 Å². The maximum absolute atomic E-state index is 13.4. The predicted octanol–water partition coefficient (Wildman–Crippen LogP) is 5.23. The summed E-state index contributed by atoms with van der Waals surface area (Å²) in [5.41, 5.74) is -0.377. The Bertz CT molecular complexity index is 834. The summed E-state index contributed by atoms with van der Waals surface area (Å²) in [6, 6.07) is 0. The van der Waals surface area contributed by atoms with Crippen molar-refractivity contribution in [3.8, 4) is 0 Å². The first kappa shape index (κ1) is 25.9. The fourth-order valence-electron chi connectivity index (χ4n) is 9.06. The molecule has 4 saturated carbocycles. The Hall–Kier alpha value is -1.20. The van der Waals surface area contributed by atoms with Crippen LogP contribution in [0.3, 0.4) is 0 Å². The van der Waals surface area contributed by atoms with E-state index in [4.69, 9.17) is 4.74 Å². The van der Waals surface area contributed by atoms with Gasteiger partial charge in [-0.05, 0) is 98.9 Å². The Morgan fingerprint density at radius 2 is 1.88 bits per heavy atom. The molecule has 0 bridgehead atoms. The Balaban J connectivity index is 1.45. The lowest BCUT2D eigenvalue weighted by Crippen LogP contribution is -2.67. The zero-order valence-electron chi connectivity index (χ0n) is 21.9. The van der Waals surface area contributed by atoms with Crippen LogP contribution in [0.5, 0.6) is 0 Å². The van der Waals surface area contributed by atoms with Gasteiger partial charge in [-0.3, -0.25) is 9.59 Å². The van der Waals surface area contributed by atoms with E-state index in [0.29, 0.717) is 49.0 Å². The molecule has 0 spiro atoms. The zero-order valence-corrected chi connectivity index (χ0v) is 21.9. The molecular formula is C29H46O5. The number of rotatable bonds is 6. The van der Waals surface area contributed by atoms with Gasteiger partial charge in [0, 0.05) is 25.2 Å². The fraction of sp³-hybridized carbons (Fsp3) is 0.862. The predicted molar refractivity (Wildman–Crippen MR) is 132 cm³/mol. The van der Waals surface area contributed by atoms with Crippen LogP contribution in [-0.4, -0.2) is 40.3 Å². The van der Waals surface area contributed by atoms with Crippen LogP contribution in [0.1, 0.15) is 98.8 Å². The summed E-state index contributed by atoms with van der Waals surface area (Å²) in [6.07, 6.45) is 10.6. The van der Waals surface area contributed by atoms with Crippen molar-refractivity contribution in [3.63, 3.8) is 0 Å². The number of esters is 1. The molecule has 5 heteroatoms. The van der Waals surface area contributed by atoms with Gasteiger partial charge in [0.05, 0.1) is 6.10 Å². The monoisotopic (exact) mass is 474 g/mol. The number of ether oxygens (including phenoxy) is 1. The van der Waals surface area contributed by atoms with Crippen molar-refractivity contribution in [1.29, 1.82) is 0 Å². The molecule has 9 atom stereocenters. The van der Waals surface area contributed by atoms with Crippen molar-refractivity contribution in [1.82, 2.24) is 0 Å². The smallest absolute Gasteiger partial charge is 0.302 e. The molecule has 0 saturated heterocycles. The van der Waals surface area contributed by atoms with Gasteiger partial charge in [-0.25, -0.2) is 0 Å². The van der Waals surface area contributed by atoms with Gasteiger partial charge in [-0.15, -0.1) is 0 Å². The van der Waals surface area contributed by atoms with E-state index in [9.17, 15) is 19.8 Å². The molecular weight excluding hydrogens is 428 g/mol. The largest absolute Gasteiger partial charge is 0.461 e. The minimum Gasteiger partial charge on any atom is -0.461 e. The molecule has 0 unspecified atom stereocenters. The number of allylic oxidation sites excluding steroid dienone is 1. The number of carbonyl (C=O) groups excluding carboxylic acids is 2. The van der Waals surface area contributed by atoms with Gasteiger partial charge in [-0.2, -0.15) is 0 Å². The fourth-order valence-corrected chi connectivity index (χ4v) is 9.06. The van der Waals surface area contributed by atoms with E-state index >= 15 is 0 Å². The van der Waals surface area contributed by atoms with E-state index in [2.05, 4.69) is 26.8 Å². The molecule has 4 aliphatic rings. The highest BCUT2D eigenvalue weighted by Crippen LogP contribution is 2.68. The maximum Gasteiger partial charge on any atom is 0.302 e. The molecule has 0 radical (unpaired) electrons. The summed E-state index contributed by atoms with van der Waals surface area (Å²) >= 11 is 0. The van der Waals surface area contributed by atoms with Crippen molar-refractivity contribution in [3.05, 3.63) is 11.6 Å². The number of aliphatic hydroxyl groups excluding tert-OH is 1. The first-order valence-corrected chi connectivity index (χ1v) is 13.6. The van der Waals surface area contributed by atoms with E-state index in [1.165, 1.54) is 26.2 Å². The summed E-state index contributed by atoms with van der Waals surface area (Å²) in [6.45, 7) is 10.9. The summed E-state index contributed by atoms with van der Waals surface area (Å²) in [5, 5.41) is 21.8. The number of aliphatic hydroxyl groups is 2. The van der Waals surface area contributed by atoms with Crippen molar-refractivity contribution in [2.75, 3.05) is 6.61 Å². The standard InChI is InChI=1S/C29H46O5/c1-18(17-34-20(3)30)7-6-8-19(2)23-9-10-24-22-15-26(32)29(33)16-21(31)11-14-28(29,5)25(22)12-13-27(23,24)4/h7,19,21-25,31,33H,6,8-17H2,1-5H3/b18-7+/t19-,21+,22+,23-,24+,25+,27-,28-,29+/m1/s1. The van der Waals surface area contributed by atoms with E-state index in [1.807, 2.05) is 6.92 Å². The topological polar surface area (TPSA) is 83.8 Å². The van der Waals surface area contributed by atoms with Crippen LogP contribution >= 0.6 is 0 Å². The summed E-state index contributed by atoms with van der Waals surface area (Å²) in [7, 11) is 0. The Kier molecular flexibility index (Phi) is 7.12. The second kappa shape index (κ2) is 9.35. The zero-order chi connectivity index (χ0) is 24.9. The minimum atomic E-state index is -1.35. The first-order valence-electron chi connectivity index (χ1n) is 13.6. The quantitative estimate of drug-likeness (QED) is 0.407. The van der Waals surface area contributed by atoms with Gasteiger partial charge in [-0.1, -0.05) is 26.8 Å². The van der Waals surface area contributed by atoms with Crippen molar-refractivity contribution in [2.45, 2.75) is 111 Å². The van der Waals surface area contributed by atoms with Gasteiger partial charge < -0.3 is 14.9 Å². The maximum atomic E-state index is 13.4. The second-order valence-corrected chi connectivity index (χ2v) is 12.8. The average Bonchev–Trinajstić information content (AvgIpc) is 3.12. The van der Waals surface area contributed by atoms with Crippen LogP contribution in [0, 0.1) is 40.4 Å². The van der Waals surface area contributed by atoms with Gasteiger partial charge in [0.1, 0.15) is 12.2 Å². The highest BCUT2D eigenvalue weighted by atomic mass is 16.5. The molecule has 4 aliphatic carbocycles. The molecule has 0 aromatic heterocycles. The van der Waals surface area contributed by atoms with Crippen LogP contribution in [0.2, 0.25) is 0 Å². The number of Topliss-reactive ketones (excluding diaryl/α,β-unsaturated/α-hetero) is 1. The normalized spacial score (nSPS) is 45.2. The second-order valence-electron chi connectivity index (χ2n) is 12.8. The molecule has 2 N–H and O–H groups in total. The molecule has 4 rings (SSSR count). The van der Waals surface area contributed by atoms with Crippen LogP contribution in [0.4, 0.5) is 0 Å². The summed E-state index contributed by atoms with van der Waals surface area (Å²) in [5.74, 6) is 2.33. The van der Waals surface area contributed by atoms with Gasteiger partial charge in [0.2, 0.25) is 0 Å². The van der Waals surface area contributed by atoms with Crippen LogP contribution < -0.4 is 0 Å². The third-order valence-electron chi connectivity index (χ3n) is 11.0. The lowest BCUT2D eigenvalue weighted by Gasteiger charge is -2.63. The molecule has 5 nitrogen and oxygen atoms in total. The Morgan fingerprint density at radius 1 is 1.15 bits per heavy atom. The Morgan fingerprint density at radius 3 is 2.59 bits per heavy atom. The van der Waals surface area contributed by atoms with Crippen molar-refractivity contribution >= 4 is 11.8 Å². The molecule has 0 amide bonds.